The average molecular weight is 290 g/mol. The Hall–Kier alpha value is 0.0266. The Balaban J connectivity index is -0.000000208. The van der Waals surface area contributed by atoms with Gasteiger partial charge in [-0.15, -0.1) is 0 Å². The zero-order chi connectivity index (χ0) is 11.7. The number of methoxy groups -OCH3 is 1. The molecule has 0 heterocycles. The molecular formula is C11H17ArF3OSi. The van der Waals surface area contributed by atoms with Crippen molar-refractivity contribution in [3.8, 4) is 0 Å². The summed E-state index contributed by atoms with van der Waals surface area (Å²) in [5, 5.41) is 1.55. The molecule has 0 bridgehead atoms. The summed E-state index contributed by atoms with van der Waals surface area (Å²) < 4.78 is 36.3. The van der Waals surface area contributed by atoms with Crippen LogP contribution >= 0.6 is 0 Å². The molecule has 0 radical (unpaired) electrons. The van der Waals surface area contributed by atoms with Gasteiger partial charge in [0, 0.05) is 37.7 Å². The van der Waals surface area contributed by atoms with Crippen LogP contribution in [0.4, 0.5) is 13.2 Å². The minimum Gasteiger partial charge on any atom is -0.470 e. The van der Waals surface area contributed by atoms with Crippen LogP contribution in [0.25, 0.3) is 0 Å². The molecule has 0 fully saturated rings. The third-order valence-corrected chi connectivity index (χ3v) is 2.87. The first-order chi connectivity index (χ1) is 7.11. The van der Waals surface area contributed by atoms with Crippen molar-refractivity contribution in [3.63, 3.8) is 0 Å². The zero-order valence-corrected chi connectivity index (χ0v) is 11.1. The first kappa shape index (κ1) is 22.2. The predicted octanol–water partition coefficient (Wildman–Crippen LogP) is 2.83. The maximum absolute atomic E-state index is 11.2. The van der Waals surface area contributed by atoms with Gasteiger partial charge < -0.3 is 4.74 Å². The van der Waals surface area contributed by atoms with Gasteiger partial charge in [0.15, 0.2) is 0 Å². The molecule has 1 rings (SSSR count). The topological polar surface area (TPSA) is 9.23 Å². The van der Waals surface area contributed by atoms with E-state index in [4.69, 9.17) is 0 Å². The predicted molar refractivity (Wildman–Crippen MR) is 64.6 cm³/mol. The Morgan fingerprint density at radius 2 is 1.59 bits per heavy atom. The molecule has 0 spiro atoms. The van der Waals surface area contributed by atoms with E-state index < -0.39 is 12.1 Å². The van der Waals surface area contributed by atoms with E-state index in [-0.39, 0.29) is 54.7 Å². The van der Waals surface area contributed by atoms with E-state index in [1.54, 1.807) is 5.19 Å². The average Bonchev–Trinajstić information content (AvgIpc) is 2.29. The third-order valence-electron chi connectivity index (χ3n) is 1.58. The van der Waals surface area contributed by atoms with E-state index in [1.165, 1.54) is 0 Å². The second-order valence-electron chi connectivity index (χ2n) is 2.58. The molecule has 100 valence electrons. The zero-order valence-electron chi connectivity index (χ0n) is 8.99. The van der Waals surface area contributed by atoms with E-state index in [0.29, 0.717) is 0 Å². The van der Waals surface area contributed by atoms with Gasteiger partial charge in [0.25, 0.3) is 0 Å². The Labute approximate surface area is 133 Å². The molecule has 0 unspecified atom stereocenters. The third kappa shape index (κ3) is 12.3. The second-order valence-corrected chi connectivity index (χ2v) is 4.10. The molecule has 0 aromatic heterocycles. The van der Waals surface area contributed by atoms with Gasteiger partial charge in [0.05, 0.1) is 16.6 Å². The van der Waals surface area contributed by atoms with Crippen LogP contribution in [-0.2, 0) is 4.74 Å². The molecule has 0 N–H and O–H groups in total. The number of hydrogen-bond acceptors (Lipinski definition) is 1. The molecule has 0 aliphatic carbocycles. The molecule has 0 saturated heterocycles. The van der Waals surface area contributed by atoms with Crippen molar-refractivity contribution in [1.82, 2.24) is 0 Å². The summed E-state index contributed by atoms with van der Waals surface area (Å²) in [6, 6.07) is 8.85. The summed E-state index contributed by atoms with van der Waals surface area (Å²) >= 11 is 0. The first-order valence-electron chi connectivity index (χ1n) is 4.40. The van der Waals surface area contributed by atoms with Crippen molar-refractivity contribution in [2.45, 2.75) is 14.0 Å². The fourth-order valence-electron chi connectivity index (χ4n) is 0.791. The Kier molecular flexibility index (Phi) is 18.4. The molecule has 1 aromatic carbocycles. The first-order valence-corrected chi connectivity index (χ1v) is 6.52. The van der Waals surface area contributed by atoms with Crippen LogP contribution in [0.5, 0.6) is 0 Å². The van der Waals surface area contributed by atoms with E-state index in [2.05, 4.69) is 41.6 Å². The fourth-order valence-corrected chi connectivity index (χ4v) is 1.53. The van der Waals surface area contributed by atoms with Crippen LogP contribution in [-0.4, -0.2) is 16.6 Å². The van der Waals surface area contributed by atoms with Gasteiger partial charge in [-0.2, -0.15) is 13.2 Å². The van der Waals surface area contributed by atoms with Crippen LogP contribution in [0, 0.1) is 37.7 Å². The second kappa shape index (κ2) is 14.1. The SMILES string of the molecule is C.COC(F)=C(F)F.C[SiH2]c1ccccc1.[Ar]. The van der Waals surface area contributed by atoms with E-state index in [9.17, 15) is 13.2 Å². The summed E-state index contributed by atoms with van der Waals surface area (Å²) in [7, 11) is 0.919. The minimum atomic E-state index is -2.43. The number of hydrogen-bond donors (Lipinski definition) is 0. The van der Waals surface area contributed by atoms with Crippen LogP contribution < -0.4 is 5.19 Å². The summed E-state index contributed by atoms with van der Waals surface area (Å²) in [5.74, 6) is 0. The monoisotopic (exact) mass is 290 g/mol. The Morgan fingerprint density at radius 1 is 1.12 bits per heavy atom. The van der Waals surface area contributed by atoms with E-state index in [1.807, 2.05) is 0 Å². The summed E-state index contributed by atoms with van der Waals surface area (Å²) in [4.78, 5) is 0. The minimum absolute atomic E-state index is 0. The summed E-state index contributed by atoms with van der Waals surface area (Å²) in [5.41, 5.74) is 0. The molecule has 0 aliphatic heterocycles. The van der Waals surface area contributed by atoms with Gasteiger partial charge in [0.2, 0.25) is 0 Å². The quantitative estimate of drug-likeness (QED) is 0.601. The van der Waals surface area contributed by atoms with Crippen LogP contribution in [0.3, 0.4) is 0 Å². The maximum Gasteiger partial charge on any atom is 0.342 e. The Morgan fingerprint density at radius 3 is 1.76 bits per heavy atom. The molecule has 0 atom stereocenters. The molecule has 17 heavy (non-hydrogen) atoms. The van der Waals surface area contributed by atoms with Gasteiger partial charge in [-0.1, -0.05) is 49.5 Å². The summed E-state index contributed by atoms with van der Waals surface area (Å²) in [6.45, 7) is 2.30. The van der Waals surface area contributed by atoms with Crippen molar-refractivity contribution >= 4 is 14.7 Å². The van der Waals surface area contributed by atoms with Crippen LogP contribution in [0.1, 0.15) is 7.43 Å². The van der Waals surface area contributed by atoms with Crippen molar-refractivity contribution in [2.75, 3.05) is 7.11 Å². The van der Waals surface area contributed by atoms with Crippen LogP contribution in [0.2, 0.25) is 6.55 Å². The van der Waals surface area contributed by atoms with Crippen molar-refractivity contribution in [2.24, 2.45) is 0 Å². The van der Waals surface area contributed by atoms with Crippen molar-refractivity contribution in [1.29, 1.82) is 0 Å². The molecule has 1 aromatic rings. The Bertz CT molecular complexity index is 303. The molecular weight excluding hydrogens is 273 g/mol. The van der Waals surface area contributed by atoms with Crippen LogP contribution in [0.15, 0.2) is 42.4 Å². The largest absolute Gasteiger partial charge is 0.470 e. The van der Waals surface area contributed by atoms with Gasteiger partial charge in [-0.3, -0.25) is 0 Å². The number of halogens is 3. The number of benzene rings is 1. The molecule has 0 aliphatic rings. The van der Waals surface area contributed by atoms with E-state index in [0.717, 1.165) is 7.11 Å². The normalized spacial score (nSPS) is 8.29. The number of ether oxygens (including phenoxy) is 1. The summed E-state index contributed by atoms with van der Waals surface area (Å²) in [6.07, 6.45) is -2.43. The molecule has 0 amide bonds. The fraction of sp³-hybridized carbons (Fsp3) is 0.273. The van der Waals surface area contributed by atoms with Crippen molar-refractivity contribution in [3.05, 3.63) is 42.4 Å². The van der Waals surface area contributed by atoms with Gasteiger partial charge in [0.1, 0.15) is 0 Å². The number of rotatable bonds is 2. The van der Waals surface area contributed by atoms with Gasteiger partial charge in [-0.25, -0.2) is 0 Å². The molecule has 6 heteroatoms. The standard InChI is InChI=1S/C7H10Si.C3H3F3O.CH4.Ar/c1-8-7-5-3-2-4-6-7;1-7-3(6)2(4)5;;/h2-6H,8H2,1H3;1H3;1H4;. The maximum atomic E-state index is 11.2. The molecule has 1 nitrogen and oxygen atoms in total. The van der Waals surface area contributed by atoms with Crippen molar-refractivity contribution < 1.29 is 55.6 Å². The van der Waals surface area contributed by atoms with Gasteiger partial charge >= 0.3 is 12.1 Å². The van der Waals surface area contributed by atoms with Gasteiger partial charge in [-0.05, 0) is 0 Å². The smallest absolute Gasteiger partial charge is 0.342 e. The molecule has 0 saturated carbocycles. The van der Waals surface area contributed by atoms with E-state index >= 15 is 0 Å².